The lowest BCUT2D eigenvalue weighted by Gasteiger charge is -2.41. The van der Waals surface area contributed by atoms with Crippen molar-refractivity contribution in [3.8, 4) is 0 Å². The van der Waals surface area contributed by atoms with Gasteiger partial charge in [-0.3, -0.25) is 14.4 Å². The summed E-state index contributed by atoms with van der Waals surface area (Å²) in [5, 5.41) is 3.10. The summed E-state index contributed by atoms with van der Waals surface area (Å²) >= 11 is 0. The van der Waals surface area contributed by atoms with Gasteiger partial charge in [0.05, 0.1) is 6.54 Å². The highest BCUT2D eigenvalue weighted by Gasteiger charge is 2.32. The Bertz CT molecular complexity index is 755. The van der Waals surface area contributed by atoms with E-state index in [2.05, 4.69) is 5.32 Å². The first-order chi connectivity index (χ1) is 13.6. The molecule has 1 atom stereocenters. The molecule has 0 bridgehead atoms. The van der Waals surface area contributed by atoms with Crippen LogP contribution in [0.1, 0.15) is 41.6 Å². The number of piperidine rings is 1. The number of carbonyl (C=O) groups is 3. The van der Waals surface area contributed by atoms with E-state index in [4.69, 9.17) is 0 Å². The van der Waals surface area contributed by atoms with Crippen molar-refractivity contribution in [2.75, 3.05) is 39.3 Å². The molecule has 3 amide bonds. The molecular weight excluding hydrogens is 392 g/mol. The number of nitrogens with zero attached hydrogens (tertiary/aromatic N) is 3. The molecule has 3 aliphatic heterocycles. The SMILES string of the molecule is Cl.O=C1CCCN1Cc1ccc(C(=O)N2CCCC(N3CCNCC3=O)C2)cc1. The molecule has 3 fully saturated rings. The molecule has 158 valence electrons. The third kappa shape index (κ3) is 4.90. The van der Waals surface area contributed by atoms with Gasteiger partial charge in [-0.2, -0.15) is 0 Å². The predicted octanol–water partition coefficient (Wildman–Crippen LogP) is 1.27. The van der Waals surface area contributed by atoms with Gasteiger partial charge < -0.3 is 20.0 Å². The summed E-state index contributed by atoms with van der Waals surface area (Å²) in [5.41, 5.74) is 1.72. The number of piperazine rings is 1. The minimum absolute atomic E-state index is 0. The molecule has 4 rings (SSSR count). The molecule has 0 spiro atoms. The van der Waals surface area contributed by atoms with E-state index in [0.717, 1.165) is 51.0 Å². The Morgan fingerprint density at radius 2 is 1.83 bits per heavy atom. The second-order valence-electron chi connectivity index (χ2n) is 7.93. The zero-order chi connectivity index (χ0) is 19.5. The van der Waals surface area contributed by atoms with Crippen molar-refractivity contribution in [2.45, 2.75) is 38.3 Å². The van der Waals surface area contributed by atoms with Crippen LogP contribution in [0.15, 0.2) is 24.3 Å². The molecule has 1 unspecified atom stereocenters. The fourth-order valence-corrected chi connectivity index (χ4v) is 4.43. The van der Waals surface area contributed by atoms with Crippen LogP contribution in [-0.4, -0.2) is 77.7 Å². The second kappa shape index (κ2) is 9.59. The summed E-state index contributed by atoms with van der Waals surface area (Å²) in [6.07, 6.45) is 3.45. The summed E-state index contributed by atoms with van der Waals surface area (Å²) in [7, 11) is 0. The Balaban J connectivity index is 0.00000240. The number of nitrogens with one attached hydrogen (secondary N) is 1. The number of hydrogen-bond donors (Lipinski definition) is 1. The van der Waals surface area contributed by atoms with E-state index in [1.54, 1.807) is 0 Å². The van der Waals surface area contributed by atoms with E-state index >= 15 is 0 Å². The number of amides is 3. The number of rotatable bonds is 4. The average molecular weight is 421 g/mol. The molecule has 0 saturated carbocycles. The third-order valence-corrected chi connectivity index (χ3v) is 6.00. The summed E-state index contributed by atoms with van der Waals surface area (Å²) in [6, 6.07) is 7.73. The van der Waals surface area contributed by atoms with E-state index in [9.17, 15) is 14.4 Å². The highest BCUT2D eigenvalue weighted by Crippen LogP contribution is 2.20. The van der Waals surface area contributed by atoms with E-state index in [-0.39, 0.29) is 36.2 Å². The summed E-state index contributed by atoms with van der Waals surface area (Å²) < 4.78 is 0. The van der Waals surface area contributed by atoms with Gasteiger partial charge in [-0.1, -0.05) is 12.1 Å². The van der Waals surface area contributed by atoms with Crippen LogP contribution in [0, 0.1) is 0 Å². The minimum atomic E-state index is 0. The van der Waals surface area contributed by atoms with Crippen LogP contribution in [0.5, 0.6) is 0 Å². The molecule has 3 aliphatic rings. The van der Waals surface area contributed by atoms with Gasteiger partial charge in [0, 0.05) is 57.3 Å². The van der Waals surface area contributed by atoms with Crippen molar-refractivity contribution in [2.24, 2.45) is 0 Å². The Hall–Kier alpha value is -2.12. The van der Waals surface area contributed by atoms with Gasteiger partial charge in [0.2, 0.25) is 11.8 Å². The van der Waals surface area contributed by atoms with E-state index in [1.807, 2.05) is 39.0 Å². The van der Waals surface area contributed by atoms with Crippen molar-refractivity contribution in [3.05, 3.63) is 35.4 Å². The Kier molecular flexibility index (Phi) is 7.14. The number of hydrogen-bond acceptors (Lipinski definition) is 4. The first kappa shape index (κ1) is 21.6. The van der Waals surface area contributed by atoms with Crippen LogP contribution < -0.4 is 5.32 Å². The lowest BCUT2D eigenvalue weighted by molar-refractivity contribution is -0.135. The van der Waals surface area contributed by atoms with Crippen LogP contribution in [0.2, 0.25) is 0 Å². The normalized spacial score (nSPS) is 22.6. The highest BCUT2D eigenvalue weighted by atomic mass is 35.5. The molecule has 7 nitrogen and oxygen atoms in total. The smallest absolute Gasteiger partial charge is 0.253 e. The van der Waals surface area contributed by atoms with Gasteiger partial charge in [-0.15, -0.1) is 12.4 Å². The first-order valence-electron chi connectivity index (χ1n) is 10.3. The molecule has 1 aromatic rings. The minimum Gasteiger partial charge on any atom is -0.338 e. The van der Waals surface area contributed by atoms with Gasteiger partial charge >= 0.3 is 0 Å². The molecule has 1 aromatic carbocycles. The Morgan fingerprint density at radius 3 is 2.52 bits per heavy atom. The maximum absolute atomic E-state index is 13.0. The topological polar surface area (TPSA) is 73.0 Å². The molecule has 1 N–H and O–H groups in total. The van der Waals surface area contributed by atoms with Gasteiger partial charge in [0.25, 0.3) is 5.91 Å². The molecule has 0 radical (unpaired) electrons. The molecule has 3 heterocycles. The van der Waals surface area contributed by atoms with Crippen LogP contribution >= 0.6 is 12.4 Å². The Labute approximate surface area is 177 Å². The van der Waals surface area contributed by atoms with Gasteiger partial charge in [0.1, 0.15) is 0 Å². The van der Waals surface area contributed by atoms with E-state index < -0.39 is 0 Å². The number of halogens is 1. The van der Waals surface area contributed by atoms with E-state index in [0.29, 0.717) is 31.6 Å². The molecule has 29 heavy (non-hydrogen) atoms. The number of carbonyl (C=O) groups excluding carboxylic acids is 3. The highest BCUT2D eigenvalue weighted by molar-refractivity contribution is 5.94. The van der Waals surface area contributed by atoms with Gasteiger partial charge in [-0.25, -0.2) is 0 Å². The molecular formula is C21H29ClN4O3. The second-order valence-corrected chi connectivity index (χ2v) is 7.93. The molecule has 0 aliphatic carbocycles. The maximum atomic E-state index is 13.0. The third-order valence-electron chi connectivity index (χ3n) is 6.00. The fourth-order valence-electron chi connectivity index (χ4n) is 4.43. The quantitative estimate of drug-likeness (QED) is 0.796. The van der Waals surface area contributed by atoms with Crippen molar-refractivity contribution in [1.29, 1.82) is 0 Å². The van der Waals surface area contributed by atoms with Gasteiger partial charge in [0.15, 0.2) is 0 Å². The molecule has 8 heteroatoms. The molecule has 3 saturated heterocycles. The Morgan fingerprint density at radius 1 is 1.03 bits per heavy atom. The monoisotopic (exact) mass is 420 g/mol. The van der Waals surface area contributed by atoms with Crippen molar-refractivity contribution < 1.29 is 14.4 Å². The number of likely N-dealkylation sites (tertiary alicyclic amines) is 2. The summed E-state index contributed by atoms with van der Waals surface area (Å²) in [4.78, 5) is 42.6. The van der Waals surface area contributed by atoms with E-state index in [1.165, 1.54) is 0 Å². The maximum Gasteiger partial charge on any atom is 0.253 e. The van der Waals surface area contributed by atoms with Crippen LogP contribution in [-0.2, 0) is 16.1 Å². The van der Waals surface area contributed by atoms with Crippen molar-refractivity contribution in [3.63, 3.8) is 0 Å². The standard InChI is InChI=1S/C21H28N4O3.ClH/c26-19-4-2-10-23(19)14-16-5-7-17(8-6-16)21(28)24-11-1-3-18(15-24)25-12-9-22-13-20(25)27;/h5-8,18,22H,1-4,9-15H2;1H. The van der Waals surface area contributed by atoms with Crippen LogP contribution in [0.3, 0.4) is 0 Å². The van der Waals surface area contributed by atoms with Crippen LogP contribution in [0.25, 0.3) is 0 Å². The van der Waals surface area contributed by atoms with Crippen molar-refractivity contribution >= 4 is 30.1 Å². The average Bonchev–Trinajstić information content (AvgIpc) is 3.13. The fraction of sp³-hybridized carbons (Fsp3) is 0.571. The molecule has 0 aromatic heterocycles. The zero-order valence-electron chi connectivity index (χ0n) is 16.6. The summed E-state index contributed by atoms with van der Waals surface area (Å²) in [5.74, 6) is 0.365. The van der Waals surface area contributed by atoms with Gasteiger partial charge in [-0.05, 0) is 37.0 Å². The summed E-state index contributed by atoms with van der Waals surface area (Å²) in [6.45, 7) is 4.70. The largest absolute Gasteiger partial charge is 0.338 e. The lowest BCUT2D eigenvalue weighted by atomic mass is 10.0. The first-order valence-corrected chi connectivity index (χ1v) is 10.3. The van der Waals surface area contributed by atoms with Crippen LogP contribution in [0.4, 0.5) is 0 Å². The lowest BCUT2D eigenvalue weighted by Crippen LogP contribution is -2.57. The van der Waals surface area contributed by atoms with Crippen molar-refractivity contribution in [1.82, 2.24) is 20.0 Å². The number of benzene rings is 1. The zero-order valence-corrected chi connectivity index (χ0v) is 17.5. The predicted molar refractivity (Wildman–Crippen MR) is 112 cm³/mol.